The zero-order chi connectivity index (χ0) is 33.2. The number of unbranched alkanes of at least 4 members (excludes halogenated alkanes) is 1. The first kappa shape index (κ1) is 32.1. The van der Waals surface area contributed by atoms with Crippen molar-refractivity contribution < 1.29 is 52.4 Å². The van der Waals surface area contributed by atoms with Crippen LogP contribution in [-0.4, -0.2) is 79.7 Å². The summed E-state index contributed by atoms with van der Waals surface area (Å²) in [6, 6.07) is 2.76. The van der Waals surface area contributed by atoms with Gasteiger partial charge in [-0.1, -0.05) is 0 Å². The average molecular weight is 634 g/mol. The van der Waals surface area contributed by atoms with E-state index in [9.17, 15) is 52.4 Å². The number of nitrogens with zero attached hydrogens (tertiary/aromatic N) is 2. The maximum atomic E-state index is 14.1. The maximum Gasteiger partial charge on any atom is 0.389 e. The molecule has 14 heteroatoms. The van der Waals surface area contributed by atoms with Crippen LogP contribution in [0.15, 0.2) is 41.3 Å². The number of aryl methyl sites for hydroxylation is 1. The van der Waals surface area contributed by atoms with Gasteiger partial charge in [-0.05, 0) is 87.0 Å². The van der Waals surface area contributed by atoms with Crippen LogP contribution in [-0.2, 0) is 27.2 Å². The zero-order valence-corrected chi connectivity index (χ0v) is 24.3. The molecule has 240 valence electrons. The van der Waals surface area contributed by atoms with Crippen LogP contribution in [0.25, 0.3) is 16.9 Å². The van der Waals surface area contributed by atoms with Gasteiger partial charge in [0.2, 0.25) is 11.7 Å². The molecule has 0 radical (unpaired) electrons. The molecule has 1 saturated carbocycles. The largest absolute Gasteiger partial charge is 0.508 e. The Bertz CT molecular complexity index is 1670. The first-order valence-electron chi connectivity index (χ1n) is 14.2. The predicted molar refractivity (Wildman–Crippen MR) is 151 cm³/mol. The Labute approximate surface area is 254 Å². The summed E-state index contributed by atoms with van der Waals surface area (Å²) in [5.74, 6) is -8.79. The third kappa shape index (κ3) is 5.25. The quantitative estimate of drug-likeness (QED) is 0.132. The molecule has 1 amide bonds. The number of phenols is 1. The smallest absolute Gasteiger partial charge is 0.389 e. The minimum absolute atomic E-state index is 0.0157. The molecule has 0 aliphatic heterocycles. The fraction of sp³-hybridized carbons (Fsp3) is 0.419. The number of alkyl halides is 3. The Morgan fingerprint density at radius 2 is 1.84 bits per heavy atom. The SMILES string of the molecule is CN(C)[C@@H]1C(=O)C(C(N)=O)=C(O)[C@@]2(O)C(=O)C3=C(O)c4c(O)c(CCCCC(F)(F)F)cc(-c5ccc(F)nc5)c4C[C@H]3C[C@@H]12. The number of aromatic hydroxyl groups is 1. The van der Waals surface area contributed by atoms with Crippen LogP contribution in [0.3, 0.4) is 0 Å². The van der Waals surface area contributed by atoms with E-state index in [1.807, 2.05) is 0 Å². The number of ketones is 2. The van der Waals surface area contributed by atoms with Gasteiger partial charge < -0.3 is 26.2 Å². The van der Waals surface area contributed by atoms with Gasteiger partial charge in [0.1, 0.15) is 22.8 Å². The third-order valence-corrected chi connectivity index (χ3v) is 8.99. The Morgan fingerprint density at radius 3 is 2.42 bits per heavy atom. The van der Waals surface area contributed by atoms with E-state index in [0.717, 1.165) is 6.07 Å². The topological polar surface area (TPSA) is 174 Å². The number of hydrogen-bond acceptors (Lipinski definition) is 9. The number of likely N-dealkylation sites (N-methyl/N-ethyl adjacent to an activating group) is 1. The summed E-state index contributed by atoms with van der Waals surface area (Å²) in [6.07, 6.45) is -4.62. The molecule has 2 aromatic rings. The Hall–Kier alpha value is -4.30. The molecule has 6 N–H and O–H groups in total. The number of carbonyl (C=O) groups excluding carboxylic acids is 3. The summed E-state index contributed by atoms with van der Waals surface area (Å²) in [5.41, 5.74) is 2.23. The lowest BCUT2D eigenvalue weighted by Gasteiger charge is -2.50. The van der Waals surface area contributed by atoms with E-state index in [1.54, 1.807) is 0 Å². The molecule has 0 bridgehead atoms. The number of fused-ring (bicyclic) bond motifs is 3. The molecule has 3 aliphatic carbocycles. The highest BCUT2D eigenvalue weighted by molar-refractivity contribution is 6.24. The number of nitrogens with two attached hydrogens (primary N) is 1. The van der Waals surface area contributed by atoms with Crippen molar-refractivity contribution in [1.29, 1.82) is 0 Å². The number of phenolic OH excluding ortho intramolecular Hbond substituents is 1. The number of rotatable bonds is 7. The minimum Gasteiger partial charge on any atom is -0.508 e. The first-order chi connectivity index (χ1) is 21.0. The van der Waals surface area contributed by atoms with Crippen molar-refractivity contribution in [2.75, 3.05) is 14.1 Å². The van der Waals surface area contributed by atoms with Gasteiger partial charge >= 0.3 is 6.18 Å². The molecule has 45 heavy (non-hydrogen) atoms. The number of pyridine rings is 1. The normalized spacial score (nSPS) is 24.9. The zero-order valence-electron chi connectivity index (χ0n) is 24.3. The van der Waals surface area contributed by atoms with Gasteiger partial charge in [0, 0.05) is 29.7 Å². The third-order valence-electron chi connectivity index (χ3n) is 8.99. The molecular formula is C31H31F4N3O7. The summed E-state index contributed by atoms with van der Waals surface area (Å²) >= 11 is 0. The average Bonchev–Trinajstić information content (AvgIpc) is 2.93. The van der Waals surface area contributed by atoms with Crippen LogP contribution < -0.4 is 5.73 Å². The summed E-state index contributed by atoms with van der Waals surface area (Å²) in [6.45, 7) is 0. The summed E-state index contributed by atoms with van der Waals surface area (Å²) in [7, 11) is 2.97. The molecule has 0 spiro atoms. The molecule has 4 atom stereocenters. The number of primary amides is 1. The van der Waals surface area contributed by atoms with Gasteiger partial charge in [0.05, 0.1) is 11.6 Å². The number of aromatic nitrogens is 1. The van der Waals surface area contributed by atoms with Crippen molar-refractivity contribution in [1.82, 2.24) is 9.88 Å². The number of aliphatic hydroxyl groups excluding tert-OH is 2. The monoisotopic (exact) mass is 633 g/mol. The molecule has 3 aliphatic rings. The first-order valence-corrected chi connectivity index (χ1v) is 14.2. The molecule has 1 heterocycles. The van der Waals surface area contributed by atoms with Crippen molar-refractivity contribution in [3.05, 3.63) is 63.9 Å². The van der Waals surface area contributed by atoms with E-state index in [2.05, 4.69) is 4.98 Å². The van der Waals surface area contributed by atoms with Gasteiger partial charge in [-0.25, -0.2) is 4.98 Å². The lowest BCUT2D eigenvalue weighted by Crippen LogP contribution is -2.65. The second-order valence-corrected chi connectivity index (χ2v) is 11.9. The van der Waals surface area contributed by atoms with Gasteiger partial charge in [0.25, 0.3) is 5.91 Å². The Morgan fingerprint density at radius 1 is 1.16 bits per heavy atom. The highest BCUT2D eigenvalue weighted by atomic mass is 19.4. The highest BCUT2D eigenvalue weighted by Gasteiger charge is 2.64. The van der Waals surface area contributed by atoms with Gasteiger partial charge in [0.15, 0.2) is 11.4 Å². The standard InChI is InChI=1S/C31H31F4N3O7/c1-38(2)23-18-11-15-10-17-16(14-6-7-19(32)37-12-14)9-13(5-3-4-8-30(33,34)35)24(39)21(17)25(40)20(15)27(42)31(18,45)28(43)22(26(23)41)29(36)44/h6-7,9,12,15,18,23,39-40,43,45H,3-5,8,10-11H2,1-2H3,(H2,36,44)/t15-,18-,23-,31-/m0/s1. The van der Waals surface area contributed by atoms with Crippen LogP contribution in [0.2, 0.25) is 0 Å². The molecule has 5 rings (SSSR count). The van der Waals surface area contributed by atoms with Crippen LogP contribution in [0.5, 0.6) is 5.75 Å². The van der Waals surface area contributed by atoms with Gasteiger partial charge in [-0.15, -0.1) is 0 Å². The number of halogens is 4. The van der Waals surface area contributed by atoms with Crippen LogP contribution in [0.1, 0.15) is 42.4 Å². The van der Waals surface area contributed by atoms with Gasteiger partial charge in [-0.3, -0.25) is 19.3 Å². The number of benzene rings is 1. The second kappa shape index (κ2) is 11.2. The lowest BCUT2D eigenvalue weighted by molar-refractivity contribution is -0.153. The van der Waals surface area contributed by atoms with E-state index in [0.29, 0.717) is 16.7 Å². The molecular weight excluding hydrogens is 602 g/mol. The number of hydrogen-bond donors (Lipinski definition) is 5. The van der Waals surface area contributed by atoms with Crippen LogP contribution in [0.4, 0.5) is 17.6 Å². The highest BCUT2D eigenvalue weighted by Crippen LogP contribution is 2.54. The molecule has 0 saturated heterocycles. The second-order valence-electron chi connectivity index (χ2n) is 11.9. The fourth-order valence-corrected chi connectivity index (χ4v) is 6.99. The van der Waals surface area contributed by atoms with E-state index in [-0.39, 0.29) is 48.8 Å². The molecule has 1 fully saturated rings. The summed E-state index contributed by atoms with van der Waals surface area (Å²) < 4.78 is 51.9. The molecule has 1 aromatic carbocycles. The van der Waals surface area contributed by atoms with Crippen molar-refractivity contribution in [3.63, 3.8) is 0 Å². The van der Waals surface area contributed by atoms with E-state index < -0.39 is 82.3 Å². The lowest BCUT2D eigenvalue weighted by atomic mass is 9.57. The fourth-order valence-electron chi connectivity index (χ4n) is 6.99. The van der Waals surface area contributed by atoms with E-state index >= 15 is 0 Å². The molecule has 0 unspecified atom stereocenters. The Kier molecular flexibility index (Phi) is 8.03. The van der Waals surface area contributed by atoms with Crippen LogP contribution in [0, 0.1) is 17.8 Å². The predicted octanol–water partition coefficient (Wildman–Crippen LogP) is 3.44. The van der Waals surface area contributed by atoms with Crippen molar-refractivity contribution in [2.45, 2.75) is 56.3 Å². The van der Waals surface area contributed by atoms with Crippen molar-refractivity contribution in [3.8, 4) is 16.9 Å². The Balaban J connectivity index is 1.69. The molecule has 10 nitrogen and oxygen atoms in total. The number of aliphatic hydroxyl groups is 3. The number of amides is 1. The van der Waals surface area contributed by atoms with Gasteiger partial charge in [-0.2, -0.15) is 17.6 Å². The van der Waals surface area contributed by atoms with Crippen molar-refractivity contribution >= 4 is 23.2 Å². The van der Waals surface area contributed by atoms with E-state index in [4.69, 9.17) is 5.73 Å². The summed E-state index contributed by atoms with van der Waals surface area (Å²) in [4.78, 5) is 44.6. The summed E-state index contributed by atoms with van der Waals surface area (Å²) in [5, 5.41) is 45.7. The number of Topliss-reactive ketones (excluding diaryl/α,β-unsaturated/α-hetero) is 2. The number of carbonyl (C=O) groups is 3. The maximum absolute atomic E-state index is 14.1. The molecule has 1 aromatic heterocycles. The minimum atomic E-state index is -4.37. The van der Waals surface area contributed by atoms with Crippen molar-refractivity contribution in [2.24, 2.45) is 17.6 Å². The van der Waals surface area contributed by atoms with E-state index in [1.165, 1.54) is 37.3 Å². The van der Waals surface area contributed by atoms with Crippen LogP contribution >= 0.6 is 0 Å².